The molecule has 2 amide bonds. The van der Waals surface area contributed by atoms with Crippen LogP contribution in [0, 0.1) is 6.92 Å². The summed E-state index contributed by atoms with van der Waals surface area (Å²) < 4.78 is 5.47. The number of carbonyl (C=O) groups excluding carboxylic acids is 2. The molecular formula is C19H14BrClN2O4S. The Morgan fingerprint density at radius 1 is 1.32 bits per heavy atom. The van der Waals surface area contributed by atoms with Crippen LogP contribution < -0.4 is 15.0 Å². The van der Waals surface area contributed by atoms with E-state index in [9.17, 15) is 14.7 Å². The summed E-state index contributed by atoms with van der Waals surface area (Å²) in [6.45, 7) is 1.76. The number of hydrogen-bond acceptors (Lipinski definition) is 5. The maximum absolute atomic E-state index is 13.1. The molecule has 144 valence electrons. The number of thiocarbonyl (C=S) groups is 1. The van der Waals surface area contributed by atoms with Crippen molar-refractivity contribution in [2.45, 2.75) is 6.92 Å². The summed E-state index contributed by atoms with van der Waals surface area (Å²) >= 11 is 14.6. The molecule has 1 fully saturated rings. The van der Waals surface area contributed by atoms with Gasteiger partial charge in [-0.05, 0) is 76.5 Å². The van der Waals surface area contributed by atoms with Crippen LogP contribution >= 0.6 is 39.7 Å². The van der Waals surface area contributed by atoms with Gasteiger partial charge in [0.25, 0.3) is 11.8 Å². The number of phenols is 1. The van der Waals surface area contributed by atoms with Crippen molar-refractivity contribution in [3.63, 3.8) is 0 Å². The van der Waals surface area contributed by atoms with Gasteiger partial charge in [0.05, 0.1) is 17.3 Å². The molecule has 9 heteroatoms. The lowest BCUT2D eigenvalue weighted by Gasteiger charge is -2.30. The molecule has 0 saturated carbocycles. The SMILES string of the molecule is COc1cc(/C=C2\C(=O)NC(=S)N(c3cccc(Cl)c3C)C2=O)cc(Br)c1O. The fourth-order valence-corrected chi connectivity index (χ4v) is 3.62. The summed E-state index contributed by atoms with van der Waals surface area (Å²) in [5.41, 5.74) is 1.51. The lowest BCUT2D eigenvalue weighted by Crippen LogP contribution is -2.54. The summed E-state index contributed by atoms with van der Waals surface area (Å²) in [7, 11) is 1.40. The van der Waals surface area contributed by atoms with Gasteiger partial charge >= 0.3 is 0 Å². The molecule has 1 heterocycles. The smallest absolute Gasteiger partial charge is 0.270 e. The van der Waals surface area contributed by atoms with Crippen LogP contribution in [0.4, 0.5) is 5.69 Å². The third-order valence-corrected chi connectivity index (χ3v) is 5.46. The number of methoxy groups -OCH3 is 1. The molecule has 0 bridgehead atoms. The molecule has 28 heavy (non-hydrogen) atoms. The molecule has 2 N–H and O–H groups in total. The minimum absolute atomic E-state index is 0.0259. The molecule has 0 radical (unpaired) electrons. The number of ether oxygens (including phenoxy) is 1. The monoisotopic (exact) mass is 480 g/mol. The van der Waals surface area contributed by atoms with Gasteiger partial charge in [-0.3, -0.25) is 19.8 Å². The Morgan fingerprint density at radius 2 is 2.04 bits per heavy atom. The second kappa shape index (κ2) is 7.90. The van der Waals surface area contributed by atoms with Crippen LogP contribution in [0.25, 0.3) is 6.08 Å². The minimum atomic E-state index is -0.617. The minimum Gasteiger partial charge on any atom is -0.503 e. The zero-order valence-corrected chi connectivity index (χ0v) is 17.9. The lowest BCUT2D eigenvalue weighted by atomic mass is 10.1. The van der Waals surface area contributed by atoms with Crippen LogP contribution in [0.2, 0.25) is 5.02 Å². The second-order valence-corrected chi connectivity index (χ2v) is 7.54. The first kappa shape index (κ1) is 20.3. The Hall–Kier alpha value is -2.42. The average molecular weight is 482 g/mol. The van der Waals surface area contributed by atoms with Gasteiger partial charge < -0.3 is 9.84 Å². The average Bonchev–Trinajstić information content (AvgIpc) is 2.64. The first-order valence-electron chi connectivity index (χ1n) is 7.97. The van der Waals surface area contributed by atoms with E-state index in [4.69, 9.17) is 28.6 Å². The Kier molecular flexibility index (Phi) is 5.74. The third-order valence-electron chi connectivity index (χ3n) is 4.16. The first-order chi connectivity index (χ1) is 13.2. The number of nitrogens with zero attached hydrogens (tertiary/aromatic N) is 1. The third kappa shape index (κ3) is 3.63. The number of amides is 2. The highest BCUT2D eigenvalue weighted by molar-refractivity contribution is 9.10. The van der Waals surface area contributed by atoms with Gasteiger partial charge in [-0.2, -0.15) is 0 Å². The Bertz CT molecular complexity index is 1050. The van der Waals surface area contributed by atoms with E-state index in [0.717, 1.165) is 0 Å². The van der Waals surface area contributed by atoms with Crippen molar-refractivity contribution in [2.75, 3.05) is 12.0 Å². The number of carbonyl (C=O) groups is 2. The lowest BCUT2D eigenvalue weighted by molar-refractivity contribution is -0.122. The number of hydrogen-bond donors (Lipinski definition) is 2. The van der Waals surface area contributed by atoms with Crippen LogP contribution in [0.3, 0.4) is 0 Å². The highest BCUT2D eigenvalue weighted by atomic mass is 79.9. The van der Waals surface area contributed by atoms with Gasteiger partial charge in [0.2, 0.25) is 0 Å². The van der Waals surface area contributed by atoms with E-state index >= 15 is 0 Å². The Morgan fingerprint density at radius 3 is 2.71 bits per heavy atom. The van der Waals surface area contributed by atoms with E-state index in [1.54, 1.807) is 31.2 Å². The van der Waals surface area contributed by atoms with E-state index in [2.05, 4.69) is 21.2 Å². The van der Waals surface area contributed by atoms with Crippen LogP contribution in [-0.2, 0) is 9.59 Å². The number of phenolic OH excluding ortho intramolecular Hbond substituents is 1. The quantitative estimate of drug-likeness (QED) is 0.394. The van der Waals surface area contributed by atoms with Crippen LogP contribution in [0.1, 0.15) is 11.1 Å². The first-order valence-corrected chi connectivity index (χ1v) is 9.55. The summed E-state index contributed by atoms with van der Waals surface area (Å²) in [6, 6.07) is 8.17. The molecular weight excluding hydrogens is 468 g/mol. The molecule has 3 rings (SSSR count). The van der Waals surface area contributed by atoms with Gasteiger partial charge in [0, 0.05) is 5.02 Å². The zero-order chi connectivity index (χ0) is 20.6. The van der Waals surface area contributed by atoms with Crippen molar-refractivity contribution in [3.8, 4) is 11.5 Å². The normalized spacial score (nSPS) is 15.8. The van der Waals surface area contributed by atoms with E-state index in [1.165, 1.54) is 24.2 Å². The number of anilines is 1. The maximum Gasteiger partial charge on any atom is 0.270 e. The highest BCUT2D eigenvalue weighted by Gasteiger charge is 2.35. The summed E-state index contributed by atoms with van der Waals surface area (Å²) in [4.78, 5) is 26.7. The molecule has 2 aromatic rings. The molecule has 1 aliphatic rings. The zero-order valence-electron chi connectivity index (χ0n) is 14.7. The van der Waals surface area contributed by atoms with Crippen molar-refractivity contribution in [2.24, 2.45) is 0 Å². The predicted molar refractivity (Wildman–Crippen MR) is 115 cm³/mol. The Labute approximate surface area is 179 Å². The van der Waals surface area contributed by atoms with Crippen molar-refractivity contribution in [1.29, 1.82) is 0 Å². The van der Waals surface area contributed by atoms with Gasteiger partial charge in [0.15, 0.2) is 16.6 Å². The molecule has 2 aromatic carbocycles. The van der Waals surface area contributed by atoms with E-state index in [0.29, 0.717) is 26.3 Å². The second-order valence-electron chi connectivity index (χ2n) is 5.90. The van der Waals surface area contributed by atoms with Gasteiger partial charge in [-0.25, -0.2) is 0 Å². The van der Waals surface area contributed by atoms with Gasteiger partial charge in [-0.15, -0.1) is 0 Å². The van der Waals surface area contributed by atoms with E-state index < -0.39 is 11.8 Å². The van der Waals surface area contributed by atoms with Crippen molar-refractivity contribution in [1.82, 2.24) is 5.32 Å². The molecule has 1 saturated heterocycles. The van der Waals surface area contributed by atoms with E-state index in [-0.39, 0.29) is 22.2 Å². The van der Waals surface area contributed by atoms with Gasteiger partial charge in [0.1, 0.15) is 5.57 Å². The number of nitrogens with one attached hydrogen (secondary N) is 1. The molecule has 0 atom stereocenters. The maximum atomic E-state index is 13.1. The predicted octanol–water partition coefficient (Wildman–Crippen LogP) is 3.96. The highest BCUT2D eigenvalue weighted by Crippen LogP contribution is 2.36. The van der Waals surface area contributed by atoms with Crippen molar-refractivity contribution in [3.05, 3.63) is 56.5 Å². The summed E-state index contributed by atoms with van der Waals surface area (Å²) in [5, 5.41) is 12.9. The molecule has 0 unspecified atom stereocenters. The van der Waals surface area contributed by atoms with E-state index in [1.807, 2.05) is 0 Å². The fourth-order valence-electron chi connectivity index (χ4n) is 2.71. The van der Waals surface area contributed by atoms with Crippen LogP contribution in [0.15, 0.2) is 40.4 Å². The van der Waals surface area contributed by atoms with Crippen LogP contribution in [0.5, 0.6) is 11.5 Å². The molecule has 6 nitrogen and oxygen atoms in total. The fraction of sp³-hybridized carbons (Fsp3) is 0.105. The summed E-state index contributed by atoms with van der Waals surface area (Å²) in [6.07, 6.45) is 1.40. The van der Waals surface area contributed by atoms with Gasteiger partial charge in [-0.1, -0.05) is 17.7 Å². The Balaban J connectivity index is 2.09. The standard InChI is InChI=1S/C19H14BrClN2O4S/c1-9-13(21)4-3-5-14(9)23-18(26)11(17(25)22-19(23)28)6-10-7-12(20)16(24)15(8-10)27-2/h3-8,24H,1-2H3,(H,22,25,28)/b11-6+. The number of benzene rings is 2. The molecule has 0 aliphatic carbocycles. The molecule has 0 aromatic heterocycles. The number of aromatic hydroxyl groups is 1. The van der Waals surface area contributed by atoms with Crippen molar-refractivity contribution >= 4 is 68.4 Å². The van der Waals surface area contributed by atoms with Crippen molar-refractivity contribution < 1.29 is 19.4 Å². The largest absolute Gasteiger partial charge is 0.503 e. The summed E-state index contributed by atoms with van der Waals surface area (Å²) in [5.74, 6) is -1.08. The molecule has 0 spiro atoms. The topological polar surface area (TPSA) is 78.9 Å². The number of rotatable bonds is 3. The van der Waals surface area contributed by atoms with Crippen LogP contribution in [-0.4, -0.2) is 29.1 Å². The molecule has 1 aliphatic heterocycles. The number of halogens is 2.